The number of likely N-dealkylation sites (N-methyl/N-ethyl adjacent to an activating group) is 1. The third-order valence-electron chi connectivity index (χ3n) is 20.0. The van der Waals surface area contributed by atoms with Gasteiger partial charge < -0.3 is 97.6 Å². The fourth-order valence-corrected chi connectivity index (χ4v) is 15.8. The lowest BCUT2D eigenvalue weighted by Gasteiger charge is -2.40. The number of aromatic nitrogens is 1. The van der Waals surface area contributed by atoms with Crippen molar-refractivity contribution in [3.05, 3.63) is 81.3 Å². The van der Waals surface area contributed by atoms with Crippen LogP contribution in [0.4, 0.5) is 14.4 Å². The number of carboxylic acid groups (broad SMARTS) is 5. The number of carbonyl (C=O) groups is 16. The van der Waals surface area contributed by atoms with E-state index in [1.807, 2.05) is 39.6 Å². The highest BCUT2D eigenvalue weighted by atomic mass is 33.1. The van der Waals surface area contributed by atoms with Gasteiger partial charge in [0.25, 0.3) is 5.91 Å². The smallest absolute Gasteiger partial charge is 0.426 e. The molecule has 3 aromatic rings. The molecule has 12 atom stereocenters. The van der Waals surface area contributed by atoms with Crippen LogP contribution in [0.2, 0.25) is 0 Å². The van der Waals surface area contributed by atoms with Crippen molar-refractivity contribution in [1.82, 2.24) is 73.5 Å². The first-order chi connectivity index (χ1) is 58.4. The molecule has 0 aliphatic carbocycles. The third kappa shape index (κ3) is 41.0. The Balaban J connectivity index is 1.29. The molecule has 0 radical (unpaired) electrons. The largest absolute Gasteiger partial charge is 0.508 e. The highest BCUT2D eigenvalue weighted by Crippen LogP contribution is 2.33. The van der Waals surface area contributed by atoms with Crippen molar-refractivity contribution in [2.75, 3.05) is 51.6 Å². The lowest BCUT2D eigenvalue weighted by atomic mass is 9.92. The molecule has 39 nitrogen and oxygen atoms in total. The van der Waals surface area contributed by atoms with E-state index in [0.29, 0.717) is 55.4 Å². The van der Waals surface area contributed by atoms with Gasteiger partial charge in [0.05, 0.1) is 25.3 Å². The minimum atomic E-state index is -1.97. The first-order valence-electron chi connectivity index (χ1n) is 41.1. The number of nitrogens with one attached hydrogen (secondary N) is 11. The number of urea groups is 2. The number of benzene rings is 2. The number of carbonyl (C=O) groups excluding carboxylic acids is 11. The fraction of sp³-hybridized carbons (Fsp3) is 0.617. The minimum Gasteiger partial charge on any atom is -0.508 e. The molecule has 0 saturated carbocycles. The van der Waals surface area contributed by atoms with Crippen molar-refractivity contribution in [2.24, 2.45) is 17.8 Å². The van der Waals surface area contributed by atoms with Crippen LogP contribution in [-0.4, -0.2) is 247 Å². The van der Waals surface area contributed by atoms with E-state index in [1.165, 1.54) is 36.6 Å². The van der Waals surface area contributed by atoms with E-state index < -0.39 is 170 Å². The number of aliphatic carboxylic acids is 5. The molecule has 0 spiro atoms. The zero-order valence-electron chi connectivity index (χ0n) is 71.0. The minimum absolute atomic E-state index is 0.00999. The second-order valence-corrected chi connectivity index (χ2v) is 34.1. The van der Waals surface area contributed by atoms with Crippen molar-refractivity contribution in [1.29, 1.82) is 0 Å². The summed E-state index contributed by atoms with van der Waals surface area (Å²) in [5.41, 5.74) is 6.07. The molecule has 1 aliphatic rings. The number of ether oxygens (including phenoxy) is 3. The number of piperidine rings is 1. The SMILES string of the molecule is CCCCCCCOCN(C(=O)C(NC(=O)C1CCCCN1C)C(C)CC)[C@H](C[C@@H](OC(C)=O)c1nc(C(=O)N[C@@H](Cc2ccc(O)cc2)CC(C)C(=O)NNC(=O)OCCSSC[C@H](NC(=O)[C@H](CC(=O)O)NC(=O)C(CC(=O)O)NC(=O)Cc2ccc(CNC(=O)NCCCC[C@@H](C)NC(=O)N[C@@H](CCC(=O)O)C(=O)O)cc2)C(=O)O)cs1)C(C)C. The quantitative estimate of drug-likeness (QED) is 0.0103. The Morgan fingerprint density at radius 2 is 1.28 bits per heavy atom. The number of aromatic hydroxyl groups is 1. The van der Waals surface area contributed by atoms with E-state index in [2.05, 4.69) is 70.6 Å². The van der Waals surface area contributed by atoms with Crippen LogP contribution >= 0.6 is 32.9 Å². The number of amides is 12. The van der Waals surface area contributed by atoms with Crippen LogP contribution in [0.3, 0.4) is 0 Å². The lowest BCUT2D eigenvalue weighted by Crippen LogP contribution is -2.59. The number of phenols is 1. The van der Waals surface area contributed by atoms with E-state index >= 15 is 4.79 Å². The zero-order chi connectivity index (χ0) is 91.3. The molecule has 1 aromatic heterocycles. The van der Waals surface area contributed by atoms with Gasteiger partial charge in [-0.05, 0) is 119 Å². The molecule has 2 aromatic carbocycles. The molecule has 123 heavy (non-hydrogen) atoms. The number of likely N-dealkylation sites (tertiary alicyclic amines) is 1. The molecule has 5 unspecified atom stereocenters. The molecule has 684 valence electrons. The van der Waals surface area contributed by atoms with Crippen LogP contribution in [0.5, 0.6) is 5.75 Å². The maximum absolute atomic E-state index is 15.2. The number of thiazole rings is 1. The summed E-state index contributed by atoms with van der Waals surface area (Å²) in [5, 5.41) is 82.0. The van der Waals surface area contributed by atoms with Gasteiger partial charge in [0.2, 0.25) is 35.4 Å². The Morgan fingerprint density at radius 1 is 0.642 bits per heavy atom. The number of unbranched alkanes of at least 4 members (excludes halogenated alkanes) is 5. The summed E-state index contributed by atoms with van der Waals surface area (Å²) in [6, 6.07) is 1.16. The van der Waals surface area contributed by atoms with Crippen LogP contribution in [0.15, 0.2) is 53.9 Å². The Bertz CT molecular complexity index is 3960. The van der Waals surface area contributed by atoms with Crippen LogP contribution in [-0.2, 0) is 91.1 Å². The van der Waals surface area contributed by atoms with Crippen molar-refractivity contribution in [2.45, 2.75) is 251 Å². The molecule has 2 heterocycles. The third-order valence-corrected chi connectivity index (χ3v) is 23.4. The van der Waals surface area contributed by atoms with Crippen LogP contribution in [0, 0.1) is 17.8 Å². The van der Waals surface area contributed by atoms with Gasteiger partial charge in [-0.3, -0.25) is 63.1 Å². The summed E-state index contributed by atoms with van der Waals surface area (Å²) >= 11 is 1.06. The molecule has 1 fully saturated rings. The second-order valence-electron chi connectivity index (χ2n) is 30.6. The van der Waals surface area contributed by atoms with Crippen LogP contribution < -0.4 is 58.7 Å². The van der Waals surface area contributed by atoms with Gasteiger partial charge in [0.15, 0.2) is 6.10 Å². The number of carboxylic acids is 5. The predicted molar refractivity (Wildman–Crippen MR) is 454 cm³/mol. The summed E-state index contributed by atoms with van der Waals surface area (Å²) in [4.78, 5) is 214. The summed E-state index contributed by atoms with van der Waals surface area (Å²) < 4.78 is 17.4. The number of hydrogen-bond donors (Lipinski definition) is 17. The average molecular weight is 1790 g/mol. The number of nitrogens with zero attached hydrogens (tertiary/aromatic N) is 3. The van der Waals surface area contributed by atoms with E-state index in [9.17, 15) is 97.5 Å². The van der Waals surface area contributed by atoms with Crippen molar-refractivity contribution in [3.63, 3.8) is 0 Å². The van der Waals surface area contributed by atoms with Gasteiger partial charge in [-0.2, -0.15) is 0 Å². The molecule has 1 aliphatic heterocycles. The van der Waals surface area contributed by atoms with Crippen LogP contribution in [0.25, 0.3) is 0 Å². The molecule has 4 rings (SSSR count). The van der Waals surface area contributed by atoms with E-state index in [4.69, 9.17) is 19.3 Å². The van der Waals surface area contributed by atoms with Gasteiger partial charge in [-0.1, -0.05) is 138 Å². The fourth-order valence-electron chi connectivity index (χ4n) is 13.0. The maximum Gasteiger partial charge on any atom is 0.426 e. The maximum atomic E-state index is 15.2. The number of hydrogen-bond acceptors (Lipinski definition) is 25. The number of phenolic OH excluding ortho intramolecular Hbond substituents is 1. The number of rotatable bonds is 57. The number of esters is 1. The molecule has 0 bridgehead atoms. The van der Waals surface area contributed by atoms with Gasteiger partial charge in [0, 0.05) is 80.4 Å². The van der Waals surface area contributed by atoms with E-state index in [1.54, 1.807) is 43.0 Å². The average Bonchev–Trinajstić information content (AvgIpc) is 1.67. The predicted octanol–water partition coefficient (Wildman–Crippen LogP) is 5.87. The summed E-state index contributed by atoms with van der Waals surface area (Å²) in [6.45, 7) is 15.4. The van der Waals surface area contributed by atoms with Gasteiger partial charge in [-0.15, -0.1) is 11.3 Å². The molecule has 12 amide bonds. The first-order valence-corrected chi connectivity index (χ1v) is 44.5. The van der Waals surface area contributed by atoms with E-state index in [-0.39, 0.29) is 110 Å². The lowest BCUT2D eigenvalue weighted by molar-refractivity contribution is -0.153. The van der Waals surface area contributed by atoms with Gasteiger partial charge in [0.1, 0.15) is 60.0 Å². The van der Waals surface area contributed by atoms with E-state index in [0.717, 1.165) is 84.4 Å². The molecule has 1 saturated heterocycles. The molecular formula is C81H122N14O25S3. The molecular weight excluding hydrogens is 1670 g/mol. The Kier molecular flexibility index (Phi) is 47.9. The van der Waals surface area contributed by atoms with Crippen molar-refractivity contribution < 1.29 is 122 Å². The summed E-state index contributed by atoms with van der Waals surface area (Å²) in [6.07, 6.45) is 4.35. The van der Waals surface area contributed by atoms with Gasteiger partial charge >= 0.3 is 54.0 Å². The molecule has 42 heteroatoms. The first kappa shape index (κ1) is 105. The Morgan fingerprint density at radius 3 is 1.90 bits per heavy atom. The normalized spacial score (nSPS) is 15.3. The topological polar surface area (TPSA) is 574 Å². The highest BCUT2D eigenvalue weighted by molar-refractivity contribution is 8.76. The second kappa shape index (κ2) is 56.2. The highest BCUT2D eigenvalue weighted by Gasteiger charge is 2.40. The standard InChI is InChI=1S/C81H122N14O25S3/c1-10-12-13-14-19-34-118-46-95(76(110)69(48(5)11-2)91-74(109)62-21-16-18-33-94(62)9)63(47(3)4)42-64(120-51(8)96)75-89-60(44-121-75)73(108)85-55(38-52-26-28-56(97)29-27-52)37-49(6)70(105)92-93-81(117)119-35-36-122-123-45-61(78(113)114)88-72(107)59(41-68(103)104)87-71(106)58(40-67(101)102)86-65(98)39-53-22-24-54(25-23-53)43-83-79(115)82-32-17-15-20-50(7)84-80(116)90-57(77(111)112)30-31-66(99)100/h22-29,44,47-50,55,57-59,61-64,69,97H,10-21,30-43,45-46H2,1-9H3,(H,85,108)(H,86,98)(H,87,106)(H,88,107)(H,91,109)(H,92,105)(H,93,117)(H,99,100)(H,101,102)(H,103,104)(H,111,112)(H,113,114)(H2,82,83,115)(H2,84,90,116)/t48?,49?,50-,55-,57+,58?,59+,61+,62?,63-,64-,69?/m1/s1. The monoisotopic (exact) mass is 1790 g/mol. The Hall–Kier alpha value is -10.6. The van der Waals surface area contributed by atoms with Crippen LogP contribution in [0.1, 0.15) is 209 Å². The number of hydrazine groups is 1. The summed E-state index contributed by atoms with van der Waals surface area (Å²) in [5.74, 6) is -15.1. The summed E-state index contributed by atoms with van der Waals surface area (Å²) in [7, 11) is 3.79. The van der Waals surface area contributed by atoms with Crippen molar-refractivity contribution in [3.8, 4) is 5.75 Å². The van der Waals surface area contributed by atoms with Gasteiger partial charge in [-0.25, -0.2) is 34.4 Å². The van der Waals surface area contributed by atoms with Crippen molar-refractivity contribution >= 4 is 128 Å². The zero-order valence-corrected chi connectivity index (χ0v) is 73.5. The Labute approximate surface area is 726 Å². The molecule has 17 N–H and O–H groups in total.